The second-order valence-corrected chi connectivity index (χ2v) is 23.9. The molecule has 290 valence electrons. The van der Waals surface area contributed by atoms with Gasteiger partial charge in [-0.1, -0.05) is 0 Å². The van der Waals surface area contributed by atoms with Gasteiger partial charge in [-0.2, -0.15) is 0 Å². The van der Waals surface area contributed by atoms with E-state index in [1.165, 1.54) is 5.58 Å². The molecule has 0 fully saturated rings. The van der Waals surface area contributed by atoms with Gasteiger partial charge in [-0.15, -0.1) is 0 Å². The molecular formula is C44H28Cl2N4O8Sn. The topological polar surface area (TPSA) is 191 Å². The van der Waals surface area contributed by atoms with Crippen LogP contribution in [0.5, 0.6) is 0 Å². The number of allylic oxidation sites excluding steroid dienone is 4. The zero-order valence-corrected chi connectivity index (χ0v) is 34.8. The van der Waals surface area contributed by atoms with Crippen molar-refractivity contribution in [2.24, 2.45) is 9.98 Å². The Morgan fingerprint density at radius 3 is 1.07 bits per heavy atom. The van der Waals surface area contributed by atoms with Gasteiger partial charge in [0.2, 0.25) is 0 Å². The van der Waals surface area contributed by atoms with E-state index in [1.54, 1.807) is 24.3 Å². The molecule has 0 atom stereocenters. The van der Waals surface area contributed by atoms with Crippen LogP contribution in [0, 0.1) is 20.5 Å². The molecule has 0 saturated carbocycles. The maximum atomic E-state index is 13.5. The fourth-order valence-electron chi connectivity index (χ4n) is 8.17. The van der Waals surface area contributed by atoms with Gasteiger partial charge in [0.25, 0.3) is 0 Å². The van der Waals surface area contributed by atoms with E-state index in [0.717, 1.165) is 0 Å². The van der Waals surface area contributed by atoms with E-state index in [0.29, 0.717) is 67.4 Å². The summed E-state index contributed by atoms with van der Waals surface area (Å²) in [4.78, 5) is 10.4. The summed E-state index contributed by atoms with van der Waals surface area (Å²) in [6.45, 7) is 0. The van der Waals surface area contributed by atoms with Gasteiger partial charge in [-0.25, -0.2) is 0 Å². The summed E-state index contributed by atoms with van der Waals surface area (Å²) in [5.74, 6) is 0. The van der Waals surface area contributed by atoms with E-state index in [9.17, 15) is 28.0 Å². The predicted octanol–water partition coefficient (Wildman–Crippen LogP) is -0.0850. The summed E-state index contributed by atoms with van der Waals surface area (Å²) in [5, 5.41) is 0.334. The van der Waals surface area contributed by atoms with Gasteiger partial charge in [0.05, 0.1) is 0 Å². The fraction of sp³-hybridized carbons (Fsp3) is 0. The molecule has 4 aliphatic rings. The van der Waals surface area contributed by atoms with Gasteiger partial charge in [-0.3, -0.25) is 0 Å². The van der Waals surface area contributed by atoms with Gasteiger partial charge in [-0.05, 0) is 0 Å². The zero-order valence-electron chi connectivity index (χ0n) is 30.5. The Bertz CT molecular complexity index is 2800. The molecule has 12 nitrogen and oxygen atoms in total. The van der Waals surface area contributed by atoms with E-state index in [4.69, 9.17) is 15.2 Å². The van der Waals surface area contributed by atoms with Crippen molar-refractivity contribution in [3.63, 3.8) is 0 Å². The van der Waals surface area contributed by atoms with Crippen molar-refractivity contribution in [1.82, 2.24) is 5.58 Å². The van der Waals surface area contributed by atoms with Crippen LogP contribution < -0.4 is 38.7 Å². The van der Waals surface area contributed by atoms with E-state index < -0.39 is 40.2 Å². The number of halogens is 2. The van der Waals surface area contributed by atoms with Crippen LogP contribution in [-0.4, -0.2) is 36.8 Å². The molecule has 4 aliphatic heterocycles. The minimum atomic E-state index is -7.24. The third kappa shape index (κ3) is 6.60. The third-order valence-electron chi connectivity index (χ3n) is 10.3. The average Bonchev–Trinajstić information content (AvgIpc) is 4.05. The van der Waals surface area contributed by atoms with Crippen molar-refractivity contribution in [1.29, 1.82) is 0 Å². The van der Waals surface area contributed by atoms with E-state index in [1.807, 2.05) is 146 Å². The molecule has 0 spiro atoms. The monoisotopic (exact) mass is 930 g/mol. The Balaban J connectivity index is 1.55. The first-order valence-corrected chi connectivity index (χ1v) is 25.5. The van der Waals surface area contributed by atoms with Crippen LogP contribution in [0.2, 0.25) is 0 Å². The predicted molar refractivity (Wildman–Crippen MR) is 203 cm³/mol. The molecule has 15 heteroatoms. The molecular weight excluding hydrogens is 902 g/mol. The summed E-state index contributed by atoms with van der Waals surface area (Å²) in [6.07, 6.45) is 7.25. The molecule has 0 N–H and O–H groups in total. The second-order valence-electron chi connectivity index (χ2n) is 13.7. The first kappa shape index (κ1) is 37.8. The van der Waals surface area contributed by atoms with Crippen molar-refractivity contribution in [2.75, 3.05) is 0 Å². The number of nitrogens with zero attached hydrogens (tertiary/aromatic N) is 4. The average molecular weight is 930 g/mol. The number of fused-ring (bicyclic) bond motifs is 2. The maximum absolute atomic E-state index is 13.5. The van der Waals surface area contributed by atoms with Crippen LogP contribution in [0.4, 0.5) is 0 Å². The molecule has 0 amide bonds. The molecule has 6 heterocycles. The molecule has 0 radical (unpaired) electrons. The molecule has 0 saturated heterocycles. The Morgan fingerprint density at radius 1 is 0.390 bits per heavy atom. The van der Waals surface area contributed by atoms with Crippen LogP contribution in [-0.2, 0) is 5.25 Å². The summed E-state index contributed by atoms with van der Waals surface area (Å²) in [7, 11) is -11.1. The number of benzene rings is 4. The van der Waals surface area contributed by atoms with Crippen molar-refractivity contribution < 1.29 is 53.7 Å². The SMILES string of the molecule is [O-][Cl+3]([O-])([O-])[O][Sn]1([O][Cl+3]([O-])([O-])[O-])[n]2c3ccc2C(c2ccccc2)=C2C=CC(=N2)C(c2ccccc2)=c2ccc([n]21)=C(c1ccccc1)C1=NC(=C3c2ccccc2)C=C1. The van der Waals surface area contributed by atoms with E-state index in [2.05, 4.69) is 0 Å². The van der Waals surface area contributed by atoms with Gasteiger partial charge in [0.1, 0.15) is 0 Å². The summed E-state index contributed by atoms with van der Waals surface area (Å²) < 4.78 is 95.4. The van der Waals surface area contributed by atoms with Crippen LogP contribution in [0.3, 0.4) is 0 Å². The van der Waals surface area contributed by atoms with Crippen LogP contribution >= 0.6 is 0 Å². The molecule has 59 heavy (non-hydrogen) atoms. The molecule has 0 unspecified atom stereocenters. The number of hydrogen-bond donors (Lipinski definition) is 0. The quantitative estimate of drug-likeness (QED) is 0.189. The standard InChI is InChI=1S/C44H28N4.2ClHO4.Sn/c1-5-13-29(14-6-1)41-33-21-23-35(45-33)42(30-15-7-2-8-16-30)37-25-27-39(47-37)44(32-19-11-4-12-20-32)40-28-26-38(48-40)43(31-17-9-3-10-18-31)36-24-22-34(41)46-36;2*2-1(3,4)5;/h1-28H;2*(H,2,3,4,5);/q-2;;;+4/p-2. The summed E-state index contributed by atoms with van der Waals surface area (Å²) in [6, 6.07) is 43.0. The van der Waals surface area contributed by atoms with Crippen LogP contribution in [0.25, 0.3) is 22.3 Å². The summed E-state index contributed by atoms with van der Waals surface area (Å²) >= 11 is -7.24. The molecule has 6 aromatic rings. The van der Waals surface area contributed by atoms with E-state index >= 15 is 0 Å². The first-order chi connectivity index (χ1) is 28.5. The summed E-state index contributed by atoms with van der Waals surface area (Å²) in [5.41, 5.74) is 6.07. The number of aliphatic imine (C=N–C) groups is 2. The van der Waals surface area contributed by atoms with Gasteiger partial charge in [0.15, 0.2) is 0 Å². The molecule has 6 bridgehead atoms. The normalized spacial score (nSPS) is 16.8. The van der Waals surface area contributed by atoms with Crippen LogP contribution in [0.15, 0.2) is 191 Å². The molecule has 2 aromatic heterocycles. The minimum absolute atomic E-state index is 0.167. The molecule has 10 rings (SSSR count). The van der Waals surface area contributed by atoms with E-state index in [-0.39, 0.29) is 22.1 Å². The number of hydrogen-bond acceptors (Lipinski definition) is 10. The molecule has 0 aliphatic carbocycles. The Morgan fingerprint density at radius 2 is 0.729 bits per heavy atom. The zero-order chi connectivity index (χ0) is 40.5. The van der Waals surface area contributed by atoms with Crippen molar-refractivity contribution >= 4 is 53.5 Å². The third-order valence-corrected chi connectivity index (χ3v) is 23.7. The Labute approximate surface area is 346 Å². The van der Waals surface area contributed by atoms with Crippen molar-refractivity contribution in [3.05, 3.63) is 226 Å². The van der Waals surface area contributed by atoms with Gasteiger partial charge in [0, 0.05) is 0 Å². The van der Waals surface area contributed by atoms with Crippen molar-refractivity contribution in [2.45, 2.75) is 0 Å². The molecule has 4 aromatic carbocycles. The second kappa shape index (κ2) is 14.4. The first-order valence-electron chi connectivity index (χ1n) is 18.2. The number of aromatic nitrogens is 2. The Hall–Kier alpha value is -5.46. The van der Waals surface area contributed by atoms with Crippen LogP contribution in [0.1, 0.15) is 33.6 Å². The van der Waals surface area contributed by atoms with Crippen molar-refractivity contribution in [3.8, 4) is 0 Å². The number of rotatable bonds is 8. The fourth-order valence-corrected chi connectivity index (χ4v) is 22.4. The Kier molecular flexibility index (Phi) is 9.20. The van der Waals surface area contributed by atoms with Gasteiger partial charge < -0.3 is 0 Å². The van der Waals surface area contributed by atoms with Gasteiger partial charge >= 0.3 is 348 Å².